The Balaban J connectivity index is 2.23. The minimum atomic E-state index is -0.477. The van der Waals surface area contributed by atoms with Crippen molar-refractivity contribution in [3.8, 4) is 0 Å². The van der Waals surface area contributed by atoms with Crippen LogP contribution in [0, 0.1) is 0 Å². The third-order valence-corrected chi connectivity index (χ3v) is 2.12. The highest BCUT2D eigenvalue weighted by Crippen LogP contribution is 2.06. The van der Waals surface area contributed by atoms with Crippen LogP contribution in [0.25, 0.3) is 0 Å². The normalized spacial score (nSPS) is 11.1. The second-order valence-electron chi connectivity index (χ2n) is 5.07. The van der Waals surface area contributed by atoms with E-state index in [1.807, 2.05) is 26.8 Å². The van der Waals surface area contributed by atoms with Crippen LogP contribution in [0.15, 0.2) is 23.0 Å². The molecule has 1 aromatic heterocycles. The van der Waals surface area contributed by atoms with Crippen molar-refractivity contribution in [3.05, 3.63) is 34.2 Å². The van der Waals surface area contributed by atoms with Gasteiger partial charge >= 0.3 is 6.09 Å². The zero-order chi connectivity index (χ0) is 13.6. The standard InChI is InChI=1S/C13H20N2O3/c1-13(2,3)18-12(17)14-9-5-7-10-6-4-8-11(16)15-10/h4,6,8H,5,7,9H2,1-3H3,(H,14,17)(H,15,16). The van der Waals surface area contributed by atoms with Gasteiger partial charge in [-0.1, -0.05) is 6.07 Å². The lowest BCUT2D eigenvalue weighted by Crippen LogP contribution is -2.33. The Labute approximate surface area is 107 Å². The summed E-state index contributed by atoms with van der Waals surface area (Å²) in [5.41, 5.74) is 0.287. The number of carbonyl (C=O) groups is 1. The second-order valence-corrected chi connectivity index (χ2v) is 5.07. The Kier molecular flexibility index (Phi) is 4.95. The average Bonchev–Trinajstić information content (AvgIpc) is 2.22. The Hall–Kier alpha value is -1.78. The largest absolute Gasteiger partial charge is 0.444 e. The number of nitrogens with one attached hydrogen (secondary N) is 2. The molecule has 0 radical (unpaired) electrons. The van der Waals surface area contributed by atoms with Gasteiger partial charge in [0.1, 0.15) is 5.60 Å². The number of aromatic nitrogens is 1. The number of H-pyrrole nitrogens is 1. The smallest absolute Gasteiger partial charge is 0.407 e. The van der Waals surface area contributed by atoms with Crippen molar-refractivity contribution in [2.75, 3.05) is 6.54 Å². The van der Waals surface area contributed by atoms with Crippen LogP contribution in [0.1, 0.15) is 32.9 Å². The van der Waals surface area contributed by atoms with Gasteiger partial charge in [-0.05, 0) is 39.7 Å². The number of alkyl carbamates (subject to hydrolysis) is 1. The summed E-state index contributed by atoms with van der Waals surface area (Å²) < 4.78 is 5.10. The Morgan fingerprint density at radius 1 is 1.39 bits per heavy atom. The van der Waals surface area contributed by atoms with E-state index < -0.39 is 11.7 Å². The molecular formula is C13H20N2O3. The number of amides is 1. The molecule has 0 aromatic carbocycles. The van der Waals surface area contributed by atoms with Crippen LogP contribution < -0.4 is 10.9 Å². The number of carbonyl (C=O) groups excluding carboxylic acids is 1. The summed E-state index contributed by atoms with van der Waals surface area (Å²) in [4.78, 5) is 25.1. The molecule has 0 saturated carbocycles. The predicted octanol–water partition coefficient (Wildman–Crippen LogP) is 1.83. The van der Waals surface area contributed by atoms with Crippen LogP contribution in [0.4, 0.5) is 4.79 Å². The van der Waals surface area contributed by atoms with Gasteiger partial charge < -0.3 is 15.0 Å². The topological polar surface area (TPSA) is 71.2 Å². The number of aromatic amines is 1. The lowest BCUT2D eigenvalue weighted by atomic mass is 10.2. The summed E-state index contributed by atoms with van der Waals surface area (Å²) in [7, 11) is 0. The van der Waals surface area contributed by atoms with Gasteiger partial charge in [-0.25, -0.2) is 4.79 Å². The third-order valence-electron chi connectivity index (χ3n) is 2.12. The van der Waals surface area contributed by atoms with Crippen LogP contribution in [-0.2, 0) is 11.2 Å². The number of aryl methyl sites for hydroxylation is 1. The summed E-state index contributed by atoms with van der Waals surface area (Å²) in [5.74, 6) is 0. The molecular weight excluding hydrogens is 232 g/mol. The highest BCUT2D eigenvalue weighted by molar-refractivity contribution is 5.67. The Morgan fingerprint density at radius 3 is 2.72 bits per heavy atom. The van der Waals surface area contributed by atoms with Gasteiger partial charge in [0.05, 0.1) is 0 Å². The molecule has 2 N–H and O–H groups in total. The molecule has 1 rings (SSSR count). The van der Waals surface area contributed by atoms with E-state index in [4.69, 9.17) is 4.74 Å². The van der Waals surface area contributed by atoms with Crippen LogP contribution in [0.2, 0.25) is 0 Å². The zero-order valence-corrected chi connectivity index (χ0v) is 11.1. The maximum absolute atomic E-state index is 11.3. The van der Waals surface area contributed by atoms with Crippen LogP contribution in [-0.4, -0.2) is 23.2 Å². The van der Waals surface area contributed by atoms with Gasteiger partial charge in [0.2, 0.25) is 5.56 Å². The van der Waals surface area contributed by atoms with E-state index in [0.717, 1.165) is 12.1 Å². The molecule has 1 amide bonds. The van der Waals surface area contributed by atoms with Crippen molar-refractivity contribution in [1.29, 1.82) is 0 Å². The molecule has 0 atom stereocenters. The predicted molar refractivity (Wildman–Crippen MR) is 69.6 cm³/mol. The lowest BCUT2D eigenvalue weighted by molar-refractivity contribution is 0.0527. The minimum absolute atomic E-state index is 0.104. The fourth-order valence-electron chi connectivity index (χ4n) is 1.42. The van der Waals surface area contributed by atoms with Gasteiger partial charge in [-0.3, -0.25) is 4.79 Å². The number of rotatable bonds is 4. The lowest BCUT2D eigenvalue weighted by Gasteiger charge is -2.19. The molecule has 0 bridgehead atoms. The van der Waals surface area contributed by atoms with E-state index in [1.165, 1.54) is 6.07 Å². The monoisotopic (exact) mass is 252 g/mol. The summed E-state index contributed by atoms with van der Waals surface area (Å²) in [6.45, 7) is 5.98. The maximum Gasteiger partial charge on any atom is 0.407 e. The van der Waals surface area contributed by atoms with Gasteiger partial charge in [0.25, 0.3) is 0 Å². The van der Waals surface area contributed by atoms with Crippen molar-refractivity contribution in [2.24, 2.45) is 0 Å². The first-order chi connectivity index (χ1) is 8.37. The molecule has 5 nitrogen and oxygen atoms in total. The summed E-state index contributed by atoms with van der Waals surface area (Å²) in [5, 5.41) is 2.67. The average molecular weight is 252 g/mol. The van der Waals surface area contributed by atoms with Gasteiger partial charge in [-0.15, -0.1) is 0 Å². The van der Waals surface area contributed by atoms with Crippen molar-refractivity contribution < 1.29 is 9.53 Å². The Morgan fingerprint density at radius 2 is 2.11 bits per heavy atom. The fourth-order valence-corrected chi connectivity index (χ4v) is 1.42. The summed E-state index contributed by atoms with van der Waals surface area (Å²) >= 11 is 0. The first kappa shape index (κ1) is 14.3. The molecule has 0 saturated heterocycles. The highest BCUT2D eigenvalue weighted by atomic mass is 16.6. The summed E-state index contributed by atoms with van der Waals surface area (Å²) in [6.07, 6.45) is 1.05. The zero-order valence-electron chi connectivity index (χ0n) is 11.1. The third kappa shape index (κ3) is 6.08. The van der Waals surface area contributed by atoms with E-state index in [0.29, 0.717) is 13.0 Å². The molecule has 0 fully saturated rings. The molecule has 100 valence electrons. The quantitative estimate of drug-likeness (QED) is 0.803. The molecule has 0 spiro atoms. The highest BCUT2D eigenvalue weighted by Gasteiger charge is 2.15. The maximum atomic E-state index is 11.3. The van der Waals surface area contributed by atoms with E-state index in [2.05, 4.69) is 10.3 Å². The van der Waals surface area contributed by atoms with Crippen molar-refractivity contribution in [2.45, 2.75) is 39.2 Å². The molecule has 1 aromatic rings. The number of pyridine rings is 1. The number of hydrogen-bond acceptors (Lipinski definition) is 3. The van der Waals surface area contributed by atoms with E-state index in [-0.39, 0.29) is 5.56 Å². The minimum Gasteiger partial charge on any atom is -0.444 e. The van der Waals surface area contributed by atoms with Crippen LogP contribution in [0.5, 0.6) is 0 Å². The molecule has 0 aliphatic heterocycles. The van der Waals surface area contributed by atoms with Crippen molar-refractivity contribution >= 4 is 6.09 Å². The van der Waals surface area contributed by atoms with E-state index >= 15 is 0 Å². The second kappa shape index (κ2) is 6.23. The molecule has 1 heterocycles. The molecule has 0 aliphatic carbocycles. The summed E-state index contributed by atoms with van der Waals surface area (Å²) in [6, 6.07) is 5.05. The molecule has 18 heavy (non-hydrogen) atoms. The van der Waals surface area contributed by atoms with Gasteiger partial charge in [-0.2, -0.15) is 0 Å². The molecule has 0 aliphatic rings. The van der Waals surface area contributed by atoms with Crippen LogP contribution >= 0.6 is 0 Å². The van der Waals surface area contributed by atoms with Gasteiger partial charge in [0, 0.05) is 18.3 Å². The number of ether oxygens (including phenoxy) is 1. The first-order valence-corrected chi connectivity index (χ1v) is 6.02. The van der Waals surface area contributed by atoms with Crippen molar-refractivity contribution in [1.82, 2.24) is 10.3 Å². The van der Waals surface area contributed by atoms with Crippen molar-refractivity contribution in [3.63, 3.8) is 0 Å². The Bertz CT molecular complexity index is 446. The molecule has 5 heteroatoms. The SMILES string of the molecule is CC(C)(C)OC(=O)NCCCc1cccc(=O)[nH]1. The van der Waals surface area contributed by atoms with E-state index in [9.17, 15) is 9.59 Å². The van der Waals surface area contributed by atoms with Gasteiger partial charge in [0.15, 0.2) is 0 Å². The fraction of sp³-hybridized carbons (Fsp3) is 0.538. The van der Waals surface area contributed by atoms with Crippen LogP contribution in [0.3, 0.4) is 0 Å². The molecule has 0 unspecified atom stereocenters. The first-order valence-electron chi connectivity index (χ1n) is 6.02. The van der Waals surface area contributed by atoms with E-state index in [1.54, 1.807) is 6.07 Å². The number of hydrogen-bond donors (Lipinski definition) is 2.